The van der Waals surface area contributed by atoms with E-state index in [0.717, 1.165) is 11.3 Å². The van der Waals surface area contributed by atoms with E-state index in [-0.39, 0.29) is 16.9 Å². The van der Waals surface area contributed by atoms with Gasteiger partial charge in [0.15, 0.2) is 17.1 Å². The molecule has 11 heteroatoms. The maximum Gasteiger partial charge on any atom is 0.363 e. The van der Waals surface area contributed by atoms with E-state index in [1.807, 2.05) is 44.3 Å². The Hall–Kier alpha value is -5.76. The summed E-state index contributed by atoms with van der Waals surface area (Å²) in [6.07, 6.45) is 5.22. The molecule has 1 unspecified atom stereocenters. The zero-order valence-electron chi connectivity index (χ0n) is 22.6. The number of carbonyl (C=O) groups excluding carboxylic acids is 1. The number of rotatable bonds is 4. The van der Waals surface area contributed by atoms with Gasteiger partial charge < -0.3 is 11.1 Å². The van der Waals surface area contributed by atoms with Crippen LogP contribution in [0.25, 0.3) is 22.2 Å². The molecule has 0 bridgehead atoms. The van der Waals surface area contributed by atoms with Gasteiger partial charge in [-0.25, -0.2) is 10.1 Å². The molecular formula is C30H26N9O2+. The van der Waals surface area contributed by atoms with E-state index in [2.05, 4.69) is 32.3 Å². The molecule has 6 aromatic rings. The number of nitrogen functional groups attached to an aromatic ring is 1. The molecule has 0 aliphatic heterocycles. The van der Waals surface area contributed by atoms with Gasteiger partial charge in [0, 0.05) is 31.8 Å². The third kappa shape index (κ3) is 4.68. The summed E-state index contributed by atoms with van der Waals surface area (Å²) >= 11 is 0. The average Bonchev–Trinajstić information content (AvgIpc) is 3.53. The molecule has 41 heavy (non-hydrogen) atoms. The van der Waals surface area contributed by atoms with E-state index in [1.54, 1.807) is 59.0 Å². The number of aryl methyl sites for hydroxylation is 2. The van der Waals surface area contributed by atoms with Crippen molar-refractivity contribution in [3.05, 3.63) is 112 Å². The summed E-state index contributed by atoms with van der Waals surface area (Å²) in [7, 11) is 1.82. The Morgan fingerprint density at radius 1 is 1.10 bits per heavy atom. The third-order valence-corrected chi connectivity index (χ3v) is 6.66. The highest BCUT2D eigenvalue weighted by atomic mass is 16.2. The lowest BCUT2D eigenvalue weighted by molar-refractivity contribution is -0.578. The molecule has 4 aromatic heterocycles. The Kier molecular flexibility index (Phi) is 6.28. The molecule has 4 N–H and O–H groups in total. The van der Waals surface area contributed by atoms with Gasteiger partial charge in [-0.15, -0.1) is 4.52 Å². The zero-order chi connectivity index (χ0) is 28.7. The highest BCUT2D eigenvalue weighted by molar-refractivity contribution is 6.03. The molecule has 0 spiro atoms. The van der Waals surface area contributed by atoms with Crippen LogP contribution in [-0.2, 0) is 7.05 Å². The number of hydrogen-bond acceptors (Lipinski definition) is 6. The molecule has 11 nitrogen and oxygen atoms in total. The first-order chi connectivity index (χ1) is 19.8. The molecule has 0 saturated carbocycles. The standard InChI is InChI=1S/C30H25N9O2/c1-18-14-15-38-28(33-18)25(26(31)36-38)29(40)34-19(2)27-35-23-11-7-8-21(13-12-20-16-32-37(3)17-20)24(23)30(41)39(27)22-9-5-4-6-10-22/h4-11,14-17,19H,1-3H3,(H3,31,34,36,40)/p+1. The maximum atomic E-state index is 14.2. The van der Waals surface area contributed by atoms with Crippen molar-refractivity contribution in [1.29, 1.82) is 0 Å². The number of benzene rings is 2. The van der Waals surface area contributed by atoms with E-state index in [1.165, 1.54) is 4.57 Å². The molecule has 0 fully saturated rings. The molecule has 2 aromatic carbocycles. The molecule has 0 aliphatic rings. The van der Waals surface area contributed by atoms with Gasteiger partial charge in [-0.05, 0) is 36.2 Å². The Bertz CT molecular complexity index is 2080. The summed E-state index contributed by atoms with van der Waals surface area (Å²) in [5.41, 5.74) is 9.56. The average molecular weight is 545 g/mol. The quantitative estimate of drug-likeness (QED) is 0.230. The van der Waals surface area contributed by atoms with E-state index >= 15 is 0 Å². The lowest BCUT2D eigenvalue weighted by Gasteiger charge is -2.19. The molecule has 4 heterocycles. The fourth-order valence-electron chi connectivity index (χ4n) is 4.73. The largest absolute Gasteiger partial charge is 0.382 e. The van der Waals surface area contributed by atoms with Crippen molar-refractivity contribution in [2.75, 3.05) is 5.73 Å². The van der Waals surface area contributed by atoms with Crippen LogP contribution in [0.5, 0.6) is 0 Å². The van der Waals surface area contributed by atoms with Crippen LogP contribution in [0.3, 0.4) is 0 Å². The number of nitrogens with zero attached hydrogens (tertiary/aromatic N) is 6. The number of para-hydroxylation sites is 1. The molecule has 0 radical (unpaired) electrons. The normalized spacial score (nSPS) is 11.8. The minimum Gasteiger partial charge on any atom is -0.382 e. The van der Waals surface area contributed by atoms with Crippen LogP contribution in [0.15, 0.2) is 78.0 Å². The van der Waals surface area contributed by atoms with Gasteiger partial charge in [0.2, 0.25) is 0 Å². The van der Waals surface area contributed by atoms with Crippen molar-refractivity contribution in [2.24, 2.45) is 7.05 Å². The van der Waals surface area contributed by atoms with Crippen LogP contribution < -0.4 is 21.1 Å². The second kappa shape index (κ2) is 10.1. The predicted octanol–water partition coefficient (Wildman–Crippen LogP) is 2.36. The number of hydrogen-bond donors (Lipinski definition) is 3. The molecule has 1 atom stereocenters. The van der Waals surface area contributed by atoms with E-state index in [4.69, 9.17) is 10.7 Å². The molecule has 1 amide bonds. The Labute approximate surface area is 234 Å². The second-order valence-corrected chi connectivity index (χ2v) is 9.66. The first-order valence-corrected chi connectivity index (χ1v) is 12.9. The molecular weight excluding hydrogens is 518 g/mol. The van der Waals surface area contributed by atoms with Crippen molar-refractivity contribution in [2.45, 2.75) is 19.9 Å². The van der Waals surface area contributed by atoms with Gasteiger partial charge in [0.05, 0.1) is 34.4 Å². The van der Waals surface area contributed by atoms with Crippen LogP contribution >= 0.6 is 0 Å². The SMILES string of the molecule is Cc1cc[n+]2[nH]c(N)c(C(=O)NC(C)c3nc4cccc(C#Cc5cnn(C)c5)c4c(=O)n3-c3ccccc3)c2n1. The Morgan fingerprint density at radius 3 is 2.66 bits per heavy atom. The predicted molar refractivity (Wildman–Crippen MR) is 153 cm³/mol. The van der Waals surface area contributed by atoms with Crippen LogP contribution in [0.1, 0.15) is 46.0 Å². The highest BCUT2D eigenvalue weighted by Crippen LogP contribution is 2.21. The first-order valence-electron chi connectivity index (χ1n) is 12.9. The number of amides is 1. The highest BCUT2D eigenvalue weighted by Gasteiger charge is 2.28. The number of H-pyrrole nitrogens is 1. The smallest absolute Gasteiger partial charge is 0.363 e. The summed E-state index contributed by atoms with van der Waals surface area (Å²) in [6.45, 7) is 3.61. The minimum absolute atomic E-state index is 0.177. The van der Waals surface area contributed by atoms with Gasteiger partial charge >= 0.3 is 5.65 Å². The number of fused-ring (bicyclic) bond motifs is 2. The first kappa shape index (κ1) is 25.5. The minimum atomic E-state index is -0.677. The summed E-state index contributed by atoms with van der Waals surface area (Å²) < 4.78 is 4.77. The number of nitrogens with two attached hydrogens (primary N) is 1. The van der Waals surface area contributed by atoms with Crippen molar-refractivity contribution in [3.8, 4) is 17.5 Å². The number of carbonyl (C=O) groups is 1. The van der Waals surface area contributed by atoms with Gasteiger partial charge in [-0.3, -0.25) is 18.8 Å². The van der Waals surface area contributed by atoms with Gasteiger partial charge in [0.25, 0.3) is 11.5 Å². The van der Waals surface area contributed by atoms with Crippen molar-refractivity contribution in [3.63, 3.8) is 0 Å². The molecule has 0 saturated heterocycles. The van der Waals surface area contributed by atoms with Crippen molar-refractivity contribution in [1.82, 2.24) is 34.7 Å². The van der Waals surface area contributed by atoms with Gasteiger partial charge in [-0.1, -0.05) is 36.1 Å². The number of anilines is 1. The number of aromatic nitrogens is 7. The van der Waals surface area contributed by atoms with E-state index in [9.17, 15) is 9.59 Å². The van der Waals surface area contributed by atoms with Crippen LogP contribution in [0, 0.1) is 18.8 Å². The summed E-state index contributed by atoms with van der Waals surface area (Å²) in [4.78, 5) is 37.0. The lowest BCUT2D eigenvalue weighted by atomic mass is 10.1. The molecule has 6 rings (SSSR count). The second-order valence-electron chi connectivity index (χ2n) is 9.66. The number of aromatic amines is 1. The van der Waals surface area contributed by atoms with Gasteiger partial charge in [-0.2, -0.15) is 5.10 Å². The van der Waals surface area contributed by atoms with E-state index in [0.29, 0.717) is 33.6 Å². The summed E-state index contributed by atoms with van der Waals surface area (Å²) in [6, 6.07) is 15.7. The van der Waals surface area contributed by atoms with Gasteiger partial charge in [0.1, 0.15) is 12.0 Å². The van der Waals surface area contributed by atoms with Crippen molar-refractivity contribution >= 4 is 28.3 Å². The topological polar surface area (TPSA) is 141 Å². The zero-order valence-corrected chi connectivity index (χ0v) is 22.6. The Balaban J connectivity index is 1.47. The summed E-state index contributed by atoms with van der Waals surface area (Å²) in [5, 5.41) is 10.4. The third-order valence-electron chi connectivity index (χ3n) is 6.66. The van der Waals surface area contributed by atoms with E-state index < -0.39 is 11.9 Å². The van der Waals surface area contributed by atoms with Crippen LogP contribution in [0.4, 0.5) is 5.82 Å². The number of nitrogens with one attached hydrogen (secondary N) is 2. The monoisotopic (exact) mass is 544 g/mol. The van der Waals surface area contributed by atoms with Crippen LogP contribution in [0.2, 0.25) is 0 Å². The fourth-order valence-corrected chi connectivity index (χ4v) is 4.73. The lowest BCUT2D eigenvalue weighted by Crippen LogP contribution is -2.34. The fraction of sp³-hybridized carbons (Fsp3) is 0.133. The molecule has 0 aliphatic carbocycles. The van der Waals surface area contributed by atoms with Crippen LogP contribution in [-0.4, -0.2) is 35.3 Å². The Morgan fingerprint density at radius 2 is 1.90 bits per heavy atom. The maximum absolute atomic E-state index is 14.2. The summed E-state index contributed by atoms with van der Waals surface area (Å²) in [5.74, 6) is 6.27. The van der Waals surface area contributed by atoms with Crippen molar-refractivity contribution < 1.29 is 9.31 Å². The molecule has 202 valence electrons.